The summed E-state index contributed by atoms with van der Waals surface area (Å²) in [5.74, 6) is 2.32. The summed E-state index contributed by atoms with van der Waals surface area (Å²) >= 11 is 1.63. The molecule has 224 valence electrons. The van der Waals surface area contributed by atoms with E-state index >= 15 is 0 Å². The summed E-state index contributed by atoms with van der Waals surface area (Å²) in [5, 5.41) is 6.26. The highest BCUT2D eigenvalue weighted by atomic mass is 32.1. The topological polar surface area (TPSA) is 96.1 Å². The second kappa shape index (κ2) is 9.88. The first-order chi connectivity index (χ1) is 20.8. The van der Waals surface area contributed by atoms with Crippen molar-refractivity contribution in [3.8, 4) is 28.4 Å². The van der Waals surface area contributed by atoms with Crippen LogP contribution in [-0.2, 0) is 20.1 Å². The molecule has 2 N–H and O–H groups in total. The van der Waals surface area contributed by atoms with Gasteiger partial charge in [0.15, 0.2) is 5.82 Å². The van der Waals surface area contributed by atoms with Crippen LogP contribution in [0.4, 0.5) is 8.78 Å². The van der Waals surface area contributed by atoms with E-state index in [1.54, 1.807) is 30.8 Å². The third-order valence-electron chi connectivity index (χ3n) is 9.57. The SMILES string of the molecule is COc1cc(C(=O)N2C[C@H]3CC[C@@H]2[C@@H]3N)cc2nc(-c3cc4scc(-c5cnn(CC(F)F)c5)c4n3CC3CC3)n(C)c12. The van der Waals surface area contributed by atoms with Gasteiger partial charge in [0.25, 0.3) is 12.3 Å². The third-order valence-corrected chi connectivity index (χ3v) is 10.5. The number of carbonyl (C=O) groups excluding carboxylic acids is 1. The Kier molecular flexibility index (Phi) is 6.16. The quantitative estimate of drug-likeness (QED) is 0.257. The maximum Gasteiger partial charge on any atom is 0.257 e. The molecule has 0 spiro atoms. The molecule has 1 aromatic carbocycles. The molecular weight excluding hydrogens is 572 g/mol. The monoisotopic (exact) mass is 605 g/mol. The molecule has 43 heavy (non-hydrogen) atoms. The summed E-state index contributed by atoms with van der Waals surface area (Å²) in [6, 6.07) is 6.00. The van der Waals surface area contributed by atoms with Crippen LogP contribution in [0.5, 0.6) is 5.75 Å². The van der Waals surface area contributed by atoms with Crippen molar-refractivity contribution in [1.29, 1.82) is 0 Å². The Hall–Kier alpha value is -3.77. The number of imidazole rings is 1. The van der Waals surface area contributed by atoms with Crippen LogP contribution in [0.25, 0.3) is 43.9 Å². The number of amides is 1. The van der Waals surface area contributed by atoms with Crippen LogP contribution in [0.3, 0.4) is 0 Å². The Labute approximate surface area is 250 Å². The normalized spacial score (nSPS) is 21.7. The highest BCUT2D eigenvalue weighted by Gasteiger charge is 2.47. The molecule has 1 saturated heterocycles. The van der Waals surface area contributed by atoms with E-state index in [-0.39, 0.29) is 18.0 Å². The average molecular weight is 606 g/mol. The number of benzene rings is 1. The van der Waals surface area contributed by atoms with Crippen molar-refractivity contribution in [1.82, 2.24) is 28.8 Å². The Morgan fingerprint density at radius 1 is 1.19 bits per heavy atom. The van der Waals surface area contributed by atoms with Crippen molar-refractivity contribution in [2.24, 2.45) is 24.6 Å². The lowest BCUT2D eigenvalue weighted by Gasteiger charge is -2.27. The van der Waals surface area contributed by atoms with Gasteiger partial charge in [0, 0.05) is 60.5 Å². The number of rotatable bonds is 8. The van der Waals surface area contributed by atoms with Gasteiger partial charge in [-0.25, -0.2) is 13.8 Å². The first kappa shape index (κ1) is 26.8. The van der Waals surface area contributed by atoms with Gasteiger partial charge >= 0.3 is 0 Å². The number of halogens is 2. The van der Waals surface area contributed by atoms with Crippen LogP contribution < -0.4 is 10.5 Å². The van der Waals surface area contributed by atoms with Crippen LogP contribution in [0.1, 0.15) is 36.0 Å². The van der Waals surface area contributed by atoms with Gasteiger partial charge in [-0.3, -0.25) is 9.48 Å². The number of aryl methyl sites for hydroxylation is 1. The minimum atomic E-state index is -2.46. The number of fused-ring (bicyclic) bond motifs is 4. The van der Waals surface area contributed by atoms with Gasteiger partial charge in [0.05, 0.1) is 34.7 Å². The van der Waals surface area contributed by atoms with Gasteiger partial charge in [-0.1, -0.05) is 0 Å². The zero-order chi connectivity index (χ0) is 29.6. The molecular formula is C31H33F2N7O2S. The number of aromatic nitrogens is 5. The minimum Gasteiger partial charge on any atom is -0.494 e. The van der Waals surface area contributed by atoms with Gasteiger partial charge in [0.2, 0.25) is 0 Å². The number of piperidine rings is 1. The van der Waals surface area contributed by atoms with Crippen LogP contribution in [0, 0.1) is 11.8 Å². The van der Waals surface area contributed by atoms with Gasteiger partial charge < -0.3 is 24.5 Å². The van der Waals surface area contributed by atoms with E-state index in [1.165, 1.54) is 17.5 Å². The molecule has 1 amide bonds. The maximum absolute atomic E-state index is 13.7. The maximum atomic E-state index is 13.7. The van der Waals surface area contributed by atoms with E-state index in [0.717, 1.165) is 57.8 Å². The summed E-state index contributed by atoms with van der Waals surface area (Å²) in [5.41, 5.74) is 12.3. The lowest BCUT2D eigenvalue weighted by Crippen LogP contribution is -2.41. The third kappa shape index (κ3) is 4.28. The van der Waals surface area contributed by atoms with Crippen LogP contribution >= 0.6 is 11.3 Å². The first-order valence-corrected chi connectivity index (χ1v) is 15.7. The number of hydrogen-bond donors (Lipinski definition) is 1. The molecule has 1 aliphatic heterocycles. The Morgan fingerprint density at radius 3 is 2.72 bits per heavy atom. The Balaban J connectivity index is 1.23. The van der Waals surface area contributed by atoms with Gasteiger partial charge in [-0.2, -0.15) is 5.10 Å². The predicted octanol–water partition coefficient (Wildman–Crippen LogP) is 5.37. The molecule has 12 heteroatoms. The molecule has 5 heterocycles. The fraction of sp³-hybridized carbons (Fsp3) is 0.452. The van der Waals surface area contributed by atoms with Crippen molar-refractivity contribution in [2.75, 3.05) is 13.7 Å². The highest BCUT2D eigenvalue weighted by molar-refractivity contribution is 7.17. The van der Waals surface area contributed by atoms with E-state index in [2.05, 4.69) is 21.1 Å². The van der Waals surface area contributed by atoms with Crippen LogP contribution in [0.15, 0.2) is 36.0 Å². The highest BCUT2D eigenvalue weighted by Crippen LogP contribution is 2.43. The second-order valence-electron chi connectivity index (χ2n) is 12.3. The lowest BCUT2D eigenvalue weighted by molar-refractivity contribution is 0.0700. The predicted molar refractivity (Wildman–Crippen MR) is 162 cm³/mol. The van der Waals surface area contributed by atoms with E-state index in [4.69, 9.17) is 15.5 Å². The molecule has 9 nitrogen and oxygen atoms in total. The molecule has 5 aromatic rings. The molecule has 0 radical (unpaired) electrons. The smallest absolute Gasteiger partial charge is 0.257 e. The molecule has 4 aromatic heterocycles. The number of methoxy groups -OCH3 is 1. The number of carbonyl (C=O) groups is 1. The largest absolute Gasteiger partial charge is 0.494 e. The zero-order valence-corrected chi connectivity index (χ0v) is 24.9. The fourth-order valence-corrected chi connectivity index (χ4v) is 8.22. The van der Waals surface area contributed by atoms with Crippen molar-refractivity contribution < 1.29 is 18.3 Å². The number of thiophene rings is 1. The van der Waals surface area contributed by atoms with Crippen molar-refractivity contribution >= 4 is 38.5 Å². The second-order valence-corrected chi connectivity index (χ2v) is 13.2. The number of nitrogens with zero attached hydrogens (tertiary/aromatic N) is 6. The molecule has 2 bridgehead atoms. The zero-order valence-electron chi connectivity index (χ0n) is 24.0. The molecule has 8 rings (SSSR count). The average Bonchev–Trinajstić information content (AvgIpc) is 3.45. The van der Waals surface area contributed by atoms with E-state index in [0.29, 0.717) is 35.2 Å². The molecule has 0 unspecified atom stereocenters. The number of hydrogen-bond acceptors (Lipinski definition) is 6. The van der Waals surface area contributed by atoms with E-state index < -0.39 is 13.0 Å². The van der Waals surface area contributed by atoms with Gasteiger partial charge in [-0.15, -0.1) is 11.3 Å². The van der Waals surface area contributed by atoms with Gasteiger partial charge in [-0.05, 0) is 55.7 Å². The molecule has 3 fully saturated rings. The number of likely N-dealkylation sites (tertiary alicyclic amines) is 1. The lowest BCUT2D eigenvalue weighted by atomic mass is 10.1. The van der Waals surface area contributed by atoms with Gasteiger partial charge in [0.1, 0.15) is 17.8 Å². The summed E-state index contributed by atoms with van der Waals surface area (Å²) in [7, 11) is 3.60. The standard InChI is InChI=1S/C31H33F2N7O2S/c1-37-29-21(7-18(8-24(29)42-2)31(41)40-13-17-5-6-22(40)27(17)34)36-30(37)23-9-25-28(39(23)11-16-3-4-16)20(15-43-25)19-10-35-38(12-19)14-26(32)33/h7-10,12,15-17,22,26-27H,3-6,11,13-14,34H2,1-2H3/t17-,22-,27-/m1/s1. The minimum absolute atomic E-state index is 0.0234. The summed E-state index contributed by atoms with van der Waals surface area (Å²) in [6.07, 6.45) is 5.28. The number of nitrogens with two attached hydrogens (primary N) is 1. The Morgan fingerprint density at radius 2 is 2.02 bits per heavy atom. The summed E-state index contributed by atoms with van der Waals surface area (Å²) in [6.45, 7) is 1.11. The molecule has 3 aliphatic rings. The summed E-state index contributed by atoms with van der Waals surface area (Å²) < 4.78 is 38.6. The first-order valence-electron chi connectivity index (χ1n) is 14.8. The van der Waals surface area contributed by atoms with Crippen molar-refractivity contribution in [3.63, 3.8) is 0 Å². The number of alkyl halides is 2. The summed E-state index contributed by atoms with van der Waals surface area (Å²) in [4.78, 5) is 20.7. The Bertz CT molecular complexity index is 1880. The van der Waals surface area contributed by atoms with E-state index in [1.807, 2.05) is 28.6 Å². The fourth-order valence-electron chi connectivity index (χ4n) is 7.22. The molecule has 2 saturated carbocycles. The van der Waals surface area contributed by atoms with E-state index in [9.17, 15) is 13.6 Å². The van der Waals surface area contributed by atoms with Crippen molar-refractivity contribution in [3.05, 3.63) is 41.5 Å². The van der Waals surface area contributed by atoms with Crippen LogP contribution in [0.2, 0.25) is 0 Å². The van der Waals surface area contributed by atoms with Crippen molar-refractivity contribution in [2.45, 2.75) is 57.3 Å². The molecule has 2 aliphatic carbocycles. The van der Waals surface area contributed by atoms with Crippen LogP contribution in [-0.4, -0.2) is 66.9 Å². The number of ether oxygens (including phenoxy) is 1. The molecule has 3 atom stereocenters.